The zero-order valence-corrected chi connectivity index (χ0v) is 11.2. The molecule has 1 aliphatic rings. The van der Waals surface area contributed by atoms with Crippen molar-refractivity contribution in [3.05, 3.63) is 45.2 Å². The number of allylic oxidation sites excluding steroid dienone is 1. The van der Waals surface area contributed by atoms with Gasteiger partial charge in [-0.05, 0) is 54.0 Å². The molecule has 0 radical (unpaired) electrons. The number of aliphatic hydroxyl groups excluding tert-OH is 1. The largest absolute Gasteiger partial charge is 0.491 e. The van der Waals surface area contributed by atoms with Gasteiger partial charge in [0, 0.05) is 9.13 Å². The van der Waals surface area contributed by atoms with Crippen molar-refractivity contribution in [2.45, 2.75) is 32.0 Å². The first-order valence-electron chi connectivity index (χ1n) is 5.51. The molecule has 0 saturated heterocycles. The van der Waals surface area contributed by atoms with Crippen molar-refractivity contribution >= 4 is 22.6 Å². The van der Waals surface area contributed by atoms with E-state index >= 15 is 0 Å². The SMILES string of the molecule is OC1CCCC=C1OCc1ccccc1I. The molecule has 1 unspecified atom stereocenters. The van der Waals surface area contributed by atoms with E-state index in [1.165, 1.54) is 9.13 Å². The molecule has 0 aromatic heterocycles. The van der Waals surface area contributed by atoms with E-state index < -0.39 is 6.10 Å². The predicted octanol–water partition coefficient (Wildman–Crippen LogP) is 3.24. The maximum absolute atomic E-state index is 9.72. The first-order valence-corrected chi connectivity index (χ1v) is 6.59. The Kier molecular flexibility index (Phi) is 4.23. The third-order valence-electron chi connectivity index (χ3n) is 2.71. The summed E-state index contributed by atoms with van der Waals surface area (Å²) < 4.78 is 6.87. The summed E-state index contributed by atoms with van der Waals surface area (Å²) in [5.74, 6) is 0.742. The van der Waals surface area contributed by atoms with Crippen LogP contribution in [0.15, 0.2) is 36.1 Å². The Bertz CT molecular complexity index is 387. The van der Waals surface area contributed by atoms with Gasteiger partial charge in [-0.2, -0.15) is 0 Å². The van der Waals surface area contributed by atoms with Crippen LogP contribution in [0.25, 0.3) is 0 Å². The lowest BCUT2D eigenvalue weighted by molar-refractivity contribution is 0.0809. The number of hydrogen-bond donors (Lipinski definition) is 1. The second-order valence-electron chi connectivity index (χ2n) is 3.93. The Labute approximate surface area is 109 Å². The highest BCUT2D eigenvalue weighted by molar-refractivity contribution is 14.1. The Morgan fingerprint density at radius 2 is 2.19 bits per heavy atom. The van der Waals surface area contributed by atoms with E-state index in [0.29, 0.717) is 6.61 Å². The Morgan fingerprint density at radius 3 is 2.94 bits per heavy atom. The van der Waals surface area contributed by atoms with Gasteiger partial charge in [0.25, 0.3) is 0 Å². The summed E-state index contributed by atoms with van der Waals surface area (Å²) in [5, 5.41) is 9.72. The lowest BCUT2D eigenvalue weighted by atomic mass is 10.0. The van der Waals surface area contributed by atoms with E-state index in [9.17, 15) is 5.11 Å². The van der Waals surface area contributed by atoms with Crippen LogP contribution in [-0.4, -0.2) is 11.2 Å². The summed E-state index contributed by atoms with van der Waals surface area (Å²) in [4.78, 5) is 0. The monoisotopic (exact) mass is 330 g/mol. The van der Waals surface area contributed by atoms with Crippen molar-refractivity contribution in [2.75, 3.05) is 0 Å². The molecule has 0 saturated carbocycles. The van der Waals surface area contributed by atoms with Gasteiger partial charge in [0.05, 0.1) is 0 Å². The van der Waals surface area contributed by atoms with Gasteiger partial charge in [-0.1, -0.05) is 18.2 Å². The van der Waals surface area contributed by atoms with Gasteiger partial charge in [0.1, 0.15) is 18.5 Å². The summed E-state index contributed by atoms with van der Waals surface area (Å²) in [6, 6.07) is 8.13. The highest BCUT2D eigenvalue weighted by atomic mass is 127. The van der Waals surface area contributed by atoms with Crippen molar-refractivity contribution in [2.24, 2.45) is 0 Å². The molecule has 1 N–H and O–H groups in total. The molecule has 0 spiro atoms. The maximum Gasteiger partial charge on any atom is 0.121 e. The van der Waals surface area contributed by atoms with Crippen LogP contribution in [0, 0.1) is 3.57 Å². The van der Waals surface area contributed by atoms with E-state index in [1.54, 1.807) is 0 Å². The second-order valence-corrected chi connectivity index (χ2v) is 5.10. The molecule has 86 valence electrons. The van der Waals surface area contributed by atoms with Gasteiger partial charge in [-0.15, -0.1) is 0 Å². The fourth-order valence-corrected chi connectivity index (χ4v) is 2.31. The minimum atomic E-state index is -0.407. The van der Waals surface area contributed by atoms with Gasteiger partial charge < -0.3 is 9.84 Å². The highest BCUT2D eigenvalue weighted by Crippen LogP contribution is 2.21. The van der Waals surface area contributed by atoms with E-state index in [0.717, 1.165) is 25.0 Å². The average Bonchev–Trinajstić information content (AvgIpc) is 2.30. The van der Waals surface area contributed by atoms with Crippen LogP contribution in [0.1, 0.15) is 24.8 Å². The minimum Gasteiger partial charge on any atom is -0.491 e. The summed E-state index contributed by atoms with van der Waals surface area (Å²) in [7, 11) is 0. The van der Waals surface area contributed by atoms with E-state index in [-0.39, 0.29) is 0 Å². The van der Waals surface area contributed by atoms with Crippen LogP contribution in [0.2, 0.25) is 0 Å². The highest BCUT2D eigenvalue weighted by Gasteiger charge is 2.16. The summed E-state index contributed by atoms with van der Waals surface area (Å²) in [6.07, 6.45) is 4.48. The minimum absolute atomic E-state index is 0.407. The molecular weight excluding hydrogens is 315 g/mol. The van der Waals surface area contributed by atoms with Crippen molar-refractivity contribution in [3.8, 4) is 0 Å². The Balaban J connectivity index is 1.97. The van der Waals surface area contributed by atoms with Crippen LogP contribution >= 0.6 is 22.6 Å². The molecule has 1 aliphatic carbocycles. The van der Waals surface area contributed by atoms with Gasteiger partial charge in [-0.25, -0.2) is 0 Å². The van der Waals surface area contributed by atoms with Crippen molar-refractivity contribution in [1.82, 2.24) is 0 Å². The predicted molar refractivity (Wildman–Crippen MR) is 71.9 cm³/mol. The number of halogens is 1. The van der Waals surface area contributed by atoms with Crippen LogP contribution in [0.3, 0.4) is 0 Å². The molecule has 0 aliphatic heterocycles. The Morgan fingerprint density at radius 1 is 1.38 bits per heavy atom. The smallest absolute Gasteiger partial charge is 0.121 e. The summed E-state index contributed by atoms with van der Waals surface area (Å²) in [6.45, 7) is 0.544. The molecule has 0 bridgehead atoms. The molecule has 1 aromatic carbocycles. The van der Waals surface area contributed by atoms with Crippen molar-refractivity contribution < 1.29 is 9.84 Å². The summed E-state index contributed by atoms with van der Waals surface area (Å²) in [5.41, 5.74) is 1.17. The van der Waals surface area contributed by atoms with Crippen molar-refractivity contribution in [1.29, 1.82) is 0 Å². The number of ether oxygens (including phenoxy) is 1. The van der Waals surface area contributed by atoms with Gasteiger partial charge in [0.15, 0.2) is 0 Å². The van der Waals surface area contributed by atoms with Crippen LogP contribution in [-0.2, 0) is 11.3 Å². The number of benzene rings is 1. The third kappa shape index (κ3) is 2.98. The first kappa shape index (κ1) is 11.9. The zero-order chi connectivity index (χ0) is 11.4. The lowest BCUT2D eigenvalue weighted by Crippen LogP contribution is -2.16. The lowest BCUT2D eigenvalue weighted by Gasteiger charge is -2.20. The van der Waals surface area contributed by atoms with Crippen LogP contribution < -0.4 is 0 Å². The molecule has 16 heavy (non-hydrogen) atoms. The molecule has 2 nitrogen and oxygen atoms in total. The molecular formula is C13H15IO2. The second kappa shape index (κ2) is 5.68. The molecule has 0 fully saturated rings. The molecule has 3 heteroatoms. The van der Waals surface area contributed by atoms with Gasteiger partial charge in [-0.3, -0.25) is 0 Å². The first-order chi connectivity index (χ1) is 7.77. The van der Waals surface area contributed by atoms with Crippen LogP contribution in [0.4, 0.5) is 0 Å². The molecule has 2 rings (SSSR count). The standard InChI is InChI=1S/C13H15IO2/c14-11-6-2-1-5-10(11)9-16-13-8-4-3-7-12(13)15/h1-2,5-6,8,12,15H,3-4,7,9H2. The van der Waals surface area contributed by atoms with E-state index in [4.69, 9.17) is 4.74 Å². The summed E-state index contributed by atoms with van der Waals surface area (Å²) >= 11 is 2.30. The normalized spacial score (nSPS) is 20.4. The fraction of sp³-hybridized carbons (Fsp3) is 0.385. The van der Waals surface area contributed by atoms with Gasteiger partial charge >= 0.3 is 0 Å². The third-order valence-corrected chi connectivity index (χ3v) is 3.76. The van der Waals surface area contributed by atoms with E-state index in [2.05, 4.69) is 34.7 Å². The molecule has 0 amide bonds. The fourth-order valence-electron chi connectivity index (χ4n) is 1.77. The van der Waals surface area contributed by atoms with E-state index in [1.807, 2.05) is 18.2 Å². The molecule has 0 heterocycles. The van der Waals surface area contributed by atoms with Crippen molar-refractivity contribution in [3.63, 3.8) is 0 Å². The maximum atomic E-state index is 9.72. The molecule has 1 atom stereocenters. The number of aliphatic hydroxyl groups is 1. The zero-order valence-electron chi connectivity index (χ0n) is 9.03. The van der Waals surface area contributed by atoms with Crippen LogP contribution in [0.5, 0.6) is 0 Å². The number of hydrogen-bond acceptors (Lipinski definition) is 2. The Hall–Kier alpha value is -0.550. The topological polar surface area (TPSA) is 29.5 Å². The number of rotatable bonds is 3. The average molecular weight is 330 g/mol. The quantitative estimate of drug-likeness (QED) is 0.863. The van der Waals surface area contributed by atoms with Gasteiger partial charge in [0.2, 0.25) is 0 Å². The molecule has 1 aromatic rings.